The van der Waals surface area contributed by atoms with Gasteiger partial charge in [0.2, 0.25) is 11.8 Å². The van der Waals surface area contributed by atoms with Crippen LogP contribution in [0, 0.1) is 17.8 Å². The second kappa shape index (κ2) is 9.62. The molecule has 3 N–H and O–H groups in total. The predicted molar refractivity (Wildman–Crippen MR) is 125 cm³/mol. The van der Waals surface area contributed by atoms with Gasteiger partial charge in [0.25, 0.3) is 5.56 Å². The summed E-state index contributed by atoms with van der Waals surface area (Å²) in [6.45, 7) is 7.76. The van der Waals surface area contributed by atoms with Gasteiger partial charge >= 0.3 is 0 Å². The summed E-state index contributed by atoms with van der Waals surface area (Å²) in [6, 6.07) is 6.28. The third-order valence-corrected chi connectivity index (χ3v) is 5.74. The number of nitrogens with zero attached hydrogens (tertiary/aromatic N) is 2. The van der Waals surface area contributed by atoms with Gasteiger partial charge in [0.15, 0.2) is 0 Å². The molecule has 1 aliphatic heterocycles. The van der Waals surface area contributed by atoms with E-state index in [2.05, 4.69) is 15.6 Å². The highest BCUT2D eigenvalue weighted by Crippen LogP contribution is 2.30. The lowest BCUT2D eigenvalue weighted by atomic mass is 9.87. The van der Waals surface area contributed by atoms with Crippen molar-refractivity contribution in [2.45, 2.75) is 34.2 Å². The number of aryl methyl sites for hydroxylation is 1. The van der Waals surface area contributed by atoms with Crippen LogP contribution in [0.3, 0.4) is 0 Å². The summed E-state index contributed by atoms with van der Waals surface area (Å²) in [6.07, 6.45) is 0. The number of nitrogens with one attached hydrogen (secondary N) is 2. The Morgan fingerprint density at radius 1 is 1.27 bits per heavy atom. The quantitative estimate of drug-likeness (QED) is 0.561. The van der Waals surface area contributed by atoms with Crippen molar-refractivity contribution < 1.29 is 19.4 Å². The minimum atomic E-state index is -0.625. The Morgan fingerprint density at radius 2 is 1.97 bits per heavy atom. The molecule has 10 heteroatoms. The molecule has 0 unspecified atom stereocenters. The maximum absolute atomic E-state index is 12.8. The number of hydrogen-bond acceptors (Lipinski definition) is 6. The highest BCUT2D eigenvalue weighted by molar-refractivity contribution is 6.31. The smallest absolute Gasteiger partial charge is 0.254 e. The van der Waals surface area contributed by atoms with Gasteiger partial charge in [-0.25, -0.2) is 4.98 Å². The van der Waals surface area contributed by atoms with E-state index in [1.807, 2.05) is 0 Å². The van der Waals surface area contributed by atoms with Gasteiger partial charge in [-0.2, -0.15) is 0 Å². The summed E-state index contributed by atoms with van der Waals surface area (Å²) in [7, 11) is 0. The molecule has 0 bridgehead atoms. The van der Waals surface area contributed by atoms with Crippen LogP contribution >= 0.6 is 11.6 Å². The van der Waals surface area contributed by atoms with Gasteiger partial charge in [0.1, 0.15) is 12.4 Å². The molecule has 9 nitrogen and oxygen atoms in total. The largest absolute Gasteiger partial charge is 0.396 e. The number of aromatic nitrogens is 2. The van der Waals surface area contributed by atoms with E-state index in [0.717, 1.165) is 0 Å². The summed E-state index contributed by atoms with van der Waals surface area (Å²) in [4.78, 5) is 42.2. The molecule has 0 atom stereocenters. The first-order valence-electron chi connectivity index (χ1n) is 10.6. The maximum Gasteiger partial charge on any atom is 0.254 e. The van der Waals surface area contributed by atoms with Crippen molar-refractivity contribution in [2.24, 2.45) is 10.8 Å². The lowest BCUT2D eigenvalue weighted by Gasteiger charge is -2.39. The van der Waals surface area contributed by atoms with Crippen LogP contribution < -0.4 is 16.2 Å². The van der Waals surface area contributed by atoms with E-state index < -0.39 is 16.4 Å². The Bertz CT molecular complexity index is 1110. The number of carbonyl (C=O) groups excluding carboxylic acids is 2. The number of aliphatic hydroxyl groups excluding tert-OH is 1. The molecule has 1 aromatic heterocycles. The van der Waals surface area contributed by atoms with E-state index in [-0.39, 0.29) is 31.5 Å². The second-order valence-electron chi connectivity index (χ2n) is 9.43. The number of halogens is 1. The van der Waals surface area contributed by atoms with E-state index in [9.17, 15) is 19.5 Å². The molecule has 178 valence electrons. The molecule has 33 heavy (non-hydrogen) atoms. The first-order chi connectivity index (χ1) is 15.4. The Labute approximate surface area is 197 Å². The zero-order valence-corrected chi connectivity index (χ0v) is 20.0. The van der Waals surface area contributed by atoms with E-state index in [0.29, 0.717) is 41.0 Å². The molecule has 1 saturated heterocycles. The number of carbonyl (C=O) groups is 2. The number of benzene rings is 1. The number of rotatable bonds is 7. The van der Waals surface area contributed by atoms with Crippen molar-refractivity contribution in [1.82, 2.24) is 14.9 Å². The lowest BCUT2D eigenvalue weighted by molar-refractivity contribution is -0.141. The summed E-state index contributed by atoms with van der Waals surface area (Å²) in [5, 5.41) is 15.5. The number of anilines is 1. The summed E-state index contributed by atoms with van der Waals surface area (Å²) in [5.41, 5.74) is -0.134. The van der Waals surface area contributed by atoms with Crippen molar-refractivity contribution in [2.75, 3.05) is 31.7 Å². The summed E-state index contributed by atoms with van der Waals surface area (Å²) >= 11 is 6.13. The van der Waals surface area contributed by atoms with Crippen LogP contribution in [0.25, 0.3) is 11.3 Å². The summed E-state index contributed by atoms with van der Waals surface area (Å²) < 4.78 is 6.39. The molecular weight excluding hydrogens is 448 g/mol. The van der Waals surface area contributed by atoms with E-state index >= 15 is 0 Å². The first kappa shape index (κ1) is 24.9. The number of aliphatic hydroxyl groups is 1. The summed E-state index contributed by atoms with van der Waals surface area (Å²) in [5.74, 6) is -0.219. The Morgan fingerprint density at radius 3 is 2.52 bits per heavy atom. The lowest BCUT2D eigenvalue weighted by Crippen LogP contribution is -2.53. The highest BCUT2D eigenvalue weighted by atomic mass is 35.5. The minimum absolute atomic E-state index is 0.0856. The maximum atomic E-state index is 12.8. The number of hydrogen-bond donors (Lipinski definition) is 3. The van der Waals surface area contributed by atoms with Gasteiger partial charge in [0.05, 0.1) is 36.6 Å². The van der Waals surface area contributed by atoms with Crippen LogP contribution in [0.5, 0.6) is 0 Å². The van der Waals surface area contributed by atoms with E-state index in [4.69, 9.17) is 16.3 Å². The zero-order valence-electron chi connectivity index (χ0n) is 19.2. The van der Waals surface area contributed by atoms with E-state index in [1.54, 1.807) is 45.9 Å². The van der Waals surface area contributed by atoms with Crippen molar-refractivity contribution in [3.8, 4) is 11.3 Å². The molecule has 0 radical (unpaired) electrons. The molecule has 0 spiro atoms. The fraction of sp³-hybridized carbons (Fsp3) is 0.478. The van der Waals surface area contributed by atoms with Gasteiger partial charge < -0.3 is 20.5 Å². The van der Waals surface area contributed by atoms with Gasteiger partial charge in [0, 0.05) is 28.6 Å². The topological polar surface area (TPSA) is 123 Å². The van der Waals surface area contributed by atoms with Crippen molar-refractivity contribution in [1.29, 1.82) is 0 Å². The molecule has 1 fully saturated rings. The van der Waals surface area contributed by atoms with Gasteiger partial charge in [-0.1, -0.05) is 32.4 Å². The second-order valence-corrected chi connectivity index (χ2v) is 9.87. The van der Waals surface area contributed by atoms with Crippen LogP contribution in [0.1, 0.15) is 26.6 Å². The molecule has 2 heterocycles. The van der Waals surface area contributed by atoms with Gasteiger partial charge in [-0.05, 0) is 25.1 Å². The Balaban J connectivity index is 1.82. The van der Waals surface area contributed by atoms with Crippen molar-refractivity contribution >= 4 is 29.1 Å². The van der Waals surface area contributed by atoms with Gasteiger partial charge in [-0.15, -0.1) is 0 Å². The zero-order chi connectivity index (χ0) is 24.4. The average Bonchev–Trinajstić information content (AvgIpc) is 2.69. The molecule has 0 saturated carbocycles. The standard InChI is InChI=1S/C23H29ClN4O5/c1-14-26-18(16-6-5-15(24)7-17(16)27-21(32)22(2,3)4)8-20(31)28(14)9-19(30)25-10-23(11-29)12-33-13-23/h5-8,29H,9-13H2,1-4H3,(H,25,30)(H,27,32). The van der Waals surface area contributed by atoms with Crippen LogP contribution in [0.15, 0.2) is 29.1 Å². The number of amides is 2. The minimum Gasteiger partial charge on any atom is -0.396 e. The van der Waals surface area contributed by atoms with Crippen LogP contribution in [0.4, 0.5) is 5.69 Å². The Kier molecular flexibility index (Phi) is 7.26. The fourth-order valence-corrected chi connectivity index (χ4v) is 3.40. The van der Waals surface area contributed by atoms with Gasteiger partial charge in [-0.3, -0.25) is 19.0 Å². The third-order valence-electron chi connectivity index (χ3n) is 5.50. The van der Waals surface area contributed by atoms with Crippen LogP contribution in [-0.2, 0) is 20.9 Å². The molecule has 2 amide bonds. The monoisotopic (exact) mass is 476 g/mol. The number of ether oxygens (including phenoxy) is 1. The normalized spacial score (nSPS) is 15.0. The Hall–Kier alpha value is -2.75. The highest BCUT2D eigenvalue weighted by Gasteiger charge is 2.38. The first-order valence-corrected chi connectivity index (χ1v) is 11.0. The SMILES string of the molecule is Cc1nc(-c2ccc(Cl)cc2NC(=O)C(C)(C)C)cc(=O)n1CC(=O)NCC1(CO)COC1. The molecule has 1 aromatic carbocycles. The molecule has 3 rings (SSSR count). The van der Waals surface area contributed by atoms with Crippen molar-refractivity contribution in [3.63, 3.8) is 0 Å². The molecule has 1 aliphatic rings. The fourth-order valence-electron chi connectivity index (χ4n) is 3.23. The molecular formula is C23H29ClN4O5. The molecule has 0 aliphatic carbocycles. The van der Waals surface area contributed by atoms with E-state index in [1.165, 1.54) is 10.6 Å². The van der Waals surface area contributed by atoms with Crippen LogP contribution in [0.2, 0.25) is 5.02 Å². The predicted octanol–water partition coefficient (Wildman–Crippen LogP) is 1.98. The average molecular weight is 477 g/mol. The third kappa shape index (κ3) is 5.79. The van der Waals surface area contributed by atoms with Crippen molar-refractivity contribution in [3.05, 3.63) is 45.5 Å². The van der Waals surface area contributed by atoms with Crippen LogP contribution in [-0.4, -0.2) is 52.8 Å². The molecule has 2 aromatic rings.